The number of methoxy groups -OCH3 is 1. The lowest BCUT2D eigenvalue weighted by atomic mass is 9.97. The number of ether oxygens (including phenoxy) is 1. The number of nitrogen functional groups attached to an aromatic ring is 2. The van der Waals surface area contributed by atoms with E-state index in [2.05, 4.69) is 30.4 Å². The molecule has 2 aromatic heterocycles. The van der Waals surface area contributed by atoms with E-state index in [0.717, 1.165) is 35.9 Å². The van der Waals surface area contributed by atoms with E-state index in [4.69, 9.17) is 16.2 Å². The Morgan fingerprint density at radius 3 is 2.91 bits per heavy atom. The summed E-state index contributed by atoms with van der Waals surface area (Å²) in [6.07, 6.45) is 1.67. The molecule has 0 saturated carbocycles. The third-order valence-electron chi connectivity index (χ3n) is 6.07. The van der Waals surface area contributed by atoms with Crippen molar-refractivity contribution in [1.82, 2.24) is 20.2 Å². The molecule has 0 bridgehead atoms. The van der Waals surface area contributed by atoms with Crippen LogP contribution < -0.4 is 26.4 Å². The van der Waals surface area contributed by atoms with Crippen LogP contribution in [0.15, 0.2) is 48.5 Å². The first-order chi connectivity index (χ1) is 16.5. The van der Waals surface area contributed by atoms with Crippen LogP contribution in [-0.2, 0) is 4.79 Å². The molecular weight excluding hydrogens is 432 g/mol. The standard InChI is InChI=1S/C24H26N8O2/c1-34-17-6-2-5-16(11-17)27-23(33)15-4-3-9-32(13-15)21-12-19(28-24(26)29-21)14-7-8-18-20(10-14)30-31-22(18)25/h2,5-8,10-12,15H,3-4,9,13H2,1H3,(H,27,33)(H3,25,30,31)(H2,26,28,29). The molecule has 6 N–H and O–H groups in total. The van der Waals surface area contributed by atoms with Gasteiger partial charge >= 0.3 is 0 Å². The second-order valence-electron chi connectivity index (χ2n) is 8.35. The Balaban J connectivity index is 1.35. The minimum atomic E-state index is -0.177. The first-order valence-corrected chi connectivity index (χ1v) is 11.1. The van der Waals surface area contributed by atoms with E-state index < -0.39 is 0 Å². The maximum absolute atomic E-state index is 13.0. The lowest BCUT2D eigenvalue weighted by molar-refractivity contribution is -0.120. The van der Waals surface area contributed by atoms with Gasteiger partial charge in [0, 0.05) is 41.9 Å². The quantitative estimate of drug-likeness (QED) is 0.357. The minimum absolute atomic E-state index is 0.0255. The summed E-state index contributed by atoms with van der Waals surface area (Å²) in [5.41, 5.74) is 15.0. The fraction of sp³-hybridized carbons (Fsp3) is 0.250. The van der Waals surface area contributed by atoms with E-state index in [1.165, 1.54) is 0 Å². The summed E-state index contributed by atoms with van der Waals surface area (Å²) in [4.78, 5) is 23.9. The fourth-order valence-corrected chi connectivity index (χ4v) is 4.31. The number of amides is 1. The van der Waals surface area contributed by atoms with E-state index >= 15 is 0 Å². The molecule has 10 heteroatoms. The van der Waals surface area contributed by atoms with Crippen molar-refractivity contribution >= 4 is 40.1 Å². The first kappa shape index (κ1) is 21.5. The average Bonchev–Trinajstić information content (AvgIpc) is 3.23. The molecule has 1 fully saturated rings. The molecule has 0 radical (unpaired) electrons. The van der Waals surface area contributed by atoms with Crippen LogP contribution in [-0.4, -0.2) is 46.3 Å². The smallest absolute Gasteiger partial charge is 0.229 e. The number of nitrogens with zero attached hydrogens (tertiary/aromatic N) is 4. The van der Waals surface area contributed by atoms with Crippen LogP contribution in [0.25, 0.3) is 22.2 Å². The summed E-state index contributed by atoms with van der Waals surface area (Å²) in [5, 5.41) is 10.8. The van der Waals surface area contributed by atoms with Gasteiger partial charge in [0.2, 0.25) is 11.9 Å². The highest BCUT2D eigenvalue weighted by molar-refractivity contribution is 5.93. The van der Waals surface area contributed by atoms with Crippen molar-refractivity contribution in [2.75, 3.05) is 41.9 Å². The maximum Gasteiger partial charge on any atom is 0.229 e. The van der Waals surface area contributed by atoms with Crippen molar-refractivity contribution in [2.24, 2.45) is 5.92 Å². The molecule has 34 heavy (non-hydrogen) atoms. The molecule has 1 amide bonds. The van der Waals surface area contributed by atoms with Gasteiger partial charge in [-0.1, -0.05) is 12.1 Å². The van der Waals surface area contributed by atoms with Crippen LogP contribution in [0.1, 0.15) is 12.8 Å². The number of aromatic nitrogens is 4. The highest BCUT2D eigenvalue weighted by Gasteiger charge is 2.27. The van der Waals surface area contributed by atoms with Gasteiger partial charge in [-0.25, -0.2) is 4.98 Å². The third-order valence-corrected chi connectivity index (χ3v) is 6.07. The van der Waals surface area contributed by atoms with Crippen molar-refractivity contribution in [3.63, 3.8) is 0 Å². The third kappa shape index (κ3) is 4.29. The zero-order chi connectivity index (χ0) is 23.7. The number of piperidine rings is 1. The Hall–Kier alpha value is -4.34. The van der Waals surface area contributed by atoms with E-state index in [1.54, 1.807) is 13.2 Å². The van der Waals surface area contributed by atoms with Crippen LogP contribution >= 0.6 is 0 Å². The SMILES string of the molecule is COc1cccc(NC(=O)C2CCCN(c3cc(-c4ccc5c(N)n[nH]c5c4)nc(N)n3)C2)c1. The topological polar surface area (TPSA) is 148 Å². The number of fused-ring (bicyclic) bond motifs is 1. The molecule has 1 saturated heterocycles. The Kier molecular flexibility index (Phi) is 5.62. The number of nitrogens with one attached hydrogen (secondary N) is 2. The van der Waals surface area contributed by atoms with E-state index in [0.29, 0.717) is 35.3 Å². The van der Waals surface area contributed by atoms with Gasteiger partial charge in [-0.3, -0.25) is 9.89 Å². The Morgan fingerprint density at radius 1 is 1.18 bits per heavy atom. The van der Waals surface area contributed by atoms with Gasteiger partial charge in [-0.05, 0) is 37.1 Å². The van der Waals surface area contributed by atoms with Gasteiger partial charge in [-0.15, -0.1) is 0 Å². The number of anilines is 4. The molecular formula is C24H26N8O2. The summed E-state index contributed by atoms with van der Waals surface area (Å²) in [7, 11) is 1.60. The van der Waals surface area contributed by atoms with Crippen LogP contribution in [0.3, 0.4) is 0 Å². The van der Waals surface area contributed by atoms with Crippen molar-refractivity contribution in [3.05, 3.63) is 48.5 Å². The maximum atomic E-state index is 13.0. The molecule has 0 spiro atoms. The molecule has 1 atom stereocenters. The number of hydrogen-bond donors (Lipinski definition) is 4. The summed E-state index contributed by atoms with van der Waals surface area (Å²) >= 11 is 0. The largest absolute Gasteiger partial charge is 0.497 e. The Morgan fingerprint density at radius 2 is 2.06 bits per heavy atom. The summed E-state index contributed by atoms with van der Waals surface area (Å²) < 4.78 is 5.24. The zero-order valence-electron chi connectivity index (χ0n) is 18.8. The molecule has 3 heterocycles. The normalized spacial score (nSPS) is 15.9. The van der Waals surface area contributed by atoms with Crippen molar-refractivity contribution in [2.45, 2.75) is 12.8 Å². The number of nitrogens with two attached hydrogens (primary N) is 2. The first-order valence-electron chi connectivity index (χ1n) is 11.1. The second kappa shape index (κ2) is 8.89. The molecule has 174 valence electrons. The second-order valence-corrected chi connectivity index (χ2v) is 8.35. The highest BCUT2D eigenvalue weighted by atomic mass is 16.5. The molecule has 0 aliphatic carbocycles. The van der Waals surface area contributed by atoms with Crippen LogP contribution in [0, 0.1) is 5.92 Å². The number of H-pyrrole nitrogens is 1. The van der Waals surface area contributed by atoms with Crippen LogP contribution in [0.4, 0.5) is 23.3 Å². The lowest BCUT2D eigenvalue weighted by Crippen LogP contribution is -2.41. The monoisotopic (exact) mass is 458 g/mol. The predicted molar refractivity (Wildman–Crippen MR) is 133 cm³/mol. The van der Waals surface area contributed by atoms with E-state index in [-0.39, 0.29) is 17.8 Å². The highest BCUT2D eigenvalue weighted by Crippen LogP contribution is 2.29. The average molecular weight is 459 g/mol. The Labute approximate surface area is 196 Å². The summed E-state index contributed by atoms with van der Waals surface area (Å²) in [6.45, 7) is 1.33. The molecule has 1 aliphatic rings. The predicted octanol–water partition coefficient (Wildman–Crippen LogP) is 3.05. The molecule has 2 aromatic carbocycles. The van der Waals surface area contributed by atoms with Crippen LogP contribution in [0.2, 0.25) is 0 Å². The van der Waals surface area contributed by atoms with Gasteiger partial charge in [0.25, 0.3) is 0 Å². The summed E-state index contributed by atoms with van der Waals surface area (Å²) in [6, 6.07) is 15.0. The van der Waals surface area contributed by atoms with E-state index in [9.17, 15) is 4.79 Å². The van der Waals surface area contributed by atoms with E-state index in [1.807, 2.05) is 42.5 Å². The molecule has 10 nitrogen and oxygen atoms in total. The van der Waals surface area contributed by atoms with Gasteiger partial charge in [0.15, 0.2) is 5.82 Å². The molecule has 1 unspecified atom stereocenters. The van der Waals surface area contributed by atoms with Crippen molar-refractivity contribution in [1.29, 1.82) is 0 Å². The molecule has 4 aromatic rings. The number of benzene rings is 2. The number of carbonyl (C=O) groups excluding carboxylic acids is 1. The van der Waals surface area contributed by atoms with Gasteiger partial charge in [0.05, 0.1) is 24.2 Å². The lowest BCUT2D eigenvalue weighted by Gasteiger charge is -2.33. The molecule has 5 rings (SSSR count). The number of carbonyl (C=O) groups is 1. The van der Waals surface area contributed by atoms with Crippen molar-refractivity contribution < 1.29 is 9.53 Å². The van der Waals surface area contributed by atoms with Gasteiger partial charge in [0.1, 0.15) is 11.6 Å². The molecule has 1 aliphatic heterocycles. The minimum Gasteiger partial charge on any atom is -0.497 e. The number of hydrogen-bond acceptors (Lipinski definition) is 8. The summed E-state index contributed by atoms with van der Waals surface area (Å²) in [5.74, 6) is 1.83. The zero-order valence-corrected chi connectivity index (χ0v) is 18.8. The Bertz CT molecular complexity index is 1350. The van der Waals surface area contributed by atoms with Crippen LogP contribution in [0.5, 0.6) is 5.75 Å². The fourth-order valence-electron chi connectivity index (χ4n) is 4.31. The van der Waals surface area contributed by atoms with Gasteiger partial charge in [-0.2, -0.15) is 10.1 Å². The number of aromatic amines is 1. The van der Waals surface area contributed by atoms with Gasteiger partial charge < -0.3 is 26.4 Å². The number of rotatable bonds is 5. The van der Waals surface area contributed by atoms with Crippen molar-refractivity contribution in [3.8, 4) is 17.0 Å².